The first-order valence-electron chi connectivity index (χ1n) is 7.08. The highest BCUT2D eigenvalue weighted by molar-refractivity contribution is 7.91. The predicted octanol–water partition coefficient (Wildman–Crippen LogP) is 2.35. The molecule has 0 unspecified atom stereocenters. The Bertz CT molecular complexity index is 917. The van der Waals surface area contributed by atoms with E-state index in [1.165, 1.54) is 11.3 Å². The predicted molar refractivity (Wildman–Crippen MR) is 92.2 cm³/mol. The van der Waals surface area contributed by atoms with Gasteiger partial charge in [-0.25, -0.2) is 17.9 Å². The van der Waals surface area contributed by atoms with Crippen LogP contribution in [0.1, 0.15) is 0 Å². The van der Waals surface area contributed by atoms with Gasteiger partial charge in [0.25, 0.3) is 0 Å². The van der Waals surface area contributed by atoms with Gasteiger partial charge in [0.05, 0.1) is 23.4 Å². The number of rotatable bonds is 2. The lowest BCUT2D eigenvalue weighted by Crippen LogP contribution is -2.40. The molecule has 1 saturated heterocycles. The number of nitrogens with zero attached hydrogens (tertiary/aromatic N) is 4. The monoisotopic (exact) mass is 368 g/mol. The number of halogens is 1. The summed E-state index contributed by atoms with van der Waals surface area (Å²) in [5, 5.41) is 6.03. The highest BCUT2D eigenvalue weighted by Gasteiger charge is 2.24. The molecule has 1 aliphatic heterocycles. The molecular formula is C14H13ClN4O2S2. The molecule has 3 heterocycles. The van der Waals surface area contributed by atoms with Gasteiger partial charge in [-0.05, 0) is 12.1 Å². The largest absolute Gasteiger partial charge is 0.345 e. The van der Waals surface area contributed by atoms with E-state index in [1.54, 1.807) is 4.52 Å². The fraction of sp³-hybridized carbons (Fsp3) is 0.286. The average Bonchev–Trinajstić information content (AvgIpc) is 3.06. The molecule has 3 aromatic rings. The summed E-state index contributed by atoms with van der Waals surface area (Å²) in [6.45, 7) is 0.978. The van der Waals surface area contributed by atoms with Crippen molar-refractivity contribution in [3.05, 3.63) is 35.5 Å². The molecule has 0 radical (unpaired) electrons. The fourth-order valence-electron chi connectivity index (χ4n) is 2.48. The van der Waals surface area contributed by atoms with Crippen LogP contribution in [0.5, 0.6) is 0 Å². The van der Waals surface area contributed by atoms with Gasteiger partial charge in [-0.2, -0.15) is 0 Å². The van der Waals surface area contributed by atoms with Crippen LogP contribution in [-0.2, 0) is 9.84 Å². The van der Waals surface area contributed by atoms with Crippen LogP contribution in [0.4, 0.5) is 5.13 Å². The van der Waals surface area contributed by atoms with Crippen LogP contribution >= 0.6 is 22.9 Å². The van der Waals surface area contributed by atoms with Crippen LogP contribution in [0.25, 0.3) is 16.2 Å². The third-order valence-corrected chi connectivity index (χ3v) is 6.63. The van der Waals surface area contributed by atoms with Crippen molar-refractivity contribution in [3.8, 4) is 11.3 Å². The SMILES string of the molecule is O=S1(=O)CCN(c2nn3cc(-c4ccc(Cl)cc4)nc3s2)CC1. The Labute approximate surface area is 142 Å². The van der Waals surface area contributed by atoms with Crippen LogP contribution in [0.3, 0.4) is 0 Å². The van der Waals surface area contributed by atoms with Crippen molar-refractivity contribution in [1.82, 2.24) is 14.6 Å². The minimum atomic E-state index is -2.88. The maximum atomic E-state index is 11.5. The Morgan fingerprint density at radius 1 is 1.13 bits per heavy atom. The van der Waals surface area contributed by atoms with Crippen molar-refractivity contribution in [1.29, 1.82) is 0 Å². The molecule has 0 bridgehead atoms. The van der Waals surface area contributed by atoms with Crippen LogP contribution in [0.15, 0.2) is 30.5 Å². The van der Waals surface area contributed by atoms with Gasteiger partial charge in [-0.1, -0.05) is 35.1 Å². The summed E-state index contributed by atoms with van der Waals surface area (Å²) in [4.78, 5) is 7.38. The summed E-state index contributed by atoms with van der Waals surface area (Å²) in [5.41, 5.74) is 1.82. The summed E-state index contributed by atoms with van der Waals surface area (Å²) in [6, 6.07) is 7.51. The first-order valence-corrected chi connectivity index (χ1v) is 10.1. The van der Waals surface area contributed by atoms with Gasteiger partial charge in [0.15, 0.2) is 9.84 Å². The van der Waals surface area contributed by atoms with Gasteiger partial charge >= 0.3 is 0 Å². The lowest BCUT2D eigenvalue weighted by atomic mass is 10.2. The number of aromatic nitrogens is 3. The topological polar surface area (TPSA) is 67.6 Å². The summed E-state index contributed by atoms with van der Waals surface area (Å²) in [5.74, 6) is 0.371. The van der Waals surface area contributed by atoms with Gasteiger partial charge in [0.1, 0.15) is 0 Å². The molecular weight excluding hydrogens is 356 g/mol. The van der Waals surface area contributed by atoms with Crippen molar-refractivity contribution < 1.29 is 8.42 Å². The van der Waals surface area contributed by atoms with Gasteiger partial charge in [-0.3, -0.25) is 0 Å². The second-order valence-electron chi connectivity index (χ2n) is 5.38. The van der Waals surface area contributed by atoms with Crippen molar-refractivity contribution >= 4 is 42.9 Å². The molecule has 4 rings (SSSR count). The van der Waals surface area contributed by atoms with E-state index < -0.39 is 9.84 Å². The van der Waals surface area contributed by atoms with E-state index in [2.05, 4.69) is 10.1 Å². The zero-order valence-electron chi connectivity index (χ0n) is 12.0. The Morgan fingerprint density at radius 3 is 2.48 bits per heavy atom. The number of hydrogen-bond donors (Lipinski definition) is 0. The minimum absolute atomic E-state index is 0.185. The molecule has 1 fully saturated rings. The molecule has 6 nitrogen and oxygen atoms in total. The van der Waals surface area contributed by atoms with E-state index in [1.807, 2.05) is 35.4 Å². The van der Waals surface area contributed by atoms with Crippen LogP contribution < -0.4 is 4.90 Å². The molecule has 0 amide bonds. The summed E-state index contributed by atoms with van der Waals surface area (Å²) < 4.78 is 24.8. The van der Waals surface area contributed by atoms with E-state index in [9.17, 15) is 8.42 Å². The average molecular weight is 369 g/mol. The molecule has 1 aliphatic rings. The standard InChI is InChI=1S/C14H13ClN4O2S2/c15-11-3-1-10(2-4-11)12-9-19-13(16-12)22-14(17-19)18-5-7-23(20,21)8-6-18/h1-4,9H,5-8H2. The third-order valence-electron chi connectivity index (χ3n) is 3.79. The highest BCUT2D eigenvalue weighted by Crippen LogP contribution is 2.28. The Kier molecular flexibility index (Phi) is 3.55. The molecule has 0 N–H and O–H groups in total. The van der Waals surface area contributed by atoms with Gasteiger partial charge < -0.3 is 4.90 Å². The number of imidazole rings is 1. The Hall–Kier alpha value is -1.64. The first kappa shape index (κ1) is 14.9. The summed E-state index contributed by atoms with van der Waals surface area (Å²) in [6.07, 6.45) is 1.87. The molecule has 0 aliphatic carbocycles. The van der Waals surface area contributed by atoms with E-state index in [4.69, 9.17) is 11.6 Å². The molecule has 0 saturated carbocycles. The fourth-order valence-corrected chi connectivity index (χ4v) is 4.74. The molecule has 9 heteroatoms. The minimum Gasteiger partial charge on any atom is -0.345 e. The number of sulfone groups is 1. The zero-order valence-corrected chi connectivity index (χ0v) is 14.4. The molecule has 23 heavy (non-hydrogen) atoms. The van der Waals surface area contributed by atoms with Crippen molar-refractivity contribution in [2.24, 2.45) is 0 Å². The zero-order chi connectivity index (χ0) is 16.0. The van der Waals surface area contributed by atoms with E-state index in [0.717, 1.165) is 21.3 Å². The number of benzene rings is 1. The summed E-state index contributed by atoms with van der Waals surface area (Å²) in [7, 11) is -2.88. The highest BCUT2D eigenvalue weighted by atomic mass is 35.5. The number of hydrogen-bond acceptors (Lipinski definition) is 6. The van der Waals surface area contributed by atoms with Crippen LogP contribution in [0, 0.1) is 0 Å². The molecule has 2 aromatic heterocycles. The van der Waals surface area contributed by atoms with E-state index in [0.29, 0.717) is 18.1 Å². The maximum absolute atomic E-state index is 11.5. The van der Waals surface area contributed by atoms with Crippen molar-refractivity contribution in [2.75, 3.05) is 29.5 Å². The molecule has 0 spiro atoms. The third kappa shape index (κ3) is 2.93. The van der Waals surface area contributed by atoms with E-state index in [-0.39, 0.29) is 11.5 Å². The smallest absolute Gasteiger partial charge is 0.214 e. The number of anilines is 1. The maximum Gasteiger partial charge on any atom is 0.214 e. The molecule has 120 valence electrons. The second kappa shape index (κ2) is 5.47. The lowest BCUT2D eigenvalue weighted by Gasteiger charge is -2.25. The molecule has 0 atom stereocenters. The van der Waals surface area contributed by atoms with Crippen LogP contribution in [-0.4, -0.2) is 47.6 Å². The molecule has 1 aromatic carbocycles. The quantitative estimate of drug-likeness (QED) is 0.694. The Morgan fingerprint density at radius 2 is 1.83 bits per heavy atom. The van der Waals surface area contributed by atoms with Gasteiger partial charge in [0.2, 0.25) is 10.1 Å². The van der Waals surface area contributed by atoms with Crippen molar-refractivity contribution in [2.45, 2.75) is 0 Å². The van der Waals surface area contributed by atoms with Gasteiger partial charge in [0, 0.05) is 23.7 Å². The Balaban J connectivity index is 1.61. The lowest BCUT2D eigenvalue weighted by molar-refractivity contribution is 0.586. The van der Waals surface area contributed by atoms with Crippen LogP contribution in [0.2, 0.25) is 5.02 Å². The second-order valence-corrected chi connectivity index (χ2v) is 9.06. The van der Waals surface area contributed by atoms with E-state index >= 15 is 0 Å². The van der Waals surface area contributed by atoms with Gasteiger partial charge in [-0.15, -0.1) is 5.10 Å². The number of fused-ring (bicyclic) bond motifs is 1. The normalized spacial score (nSPS) is 17.7. The van der Waals surface area contributed by atoms with Crippen molar-refractivity contribution in [3.63, 3.8) is 0 Å². The summed E-state index contributed by atoms with van der Waals surface area (Å²) >= 11 is 7.37. The first-order chi connectivity index (χ1) is 11.0.